The highest BCUT2D eigenvalue weighted by atomic mass is 35.5. The van der Waals surface area contributed by atoms with Crippen molar-refractivity contribution < 1.29 is 4.79 Å². The van der Waals surface area contributed by atoms with E-state index >= 15 is 0 Å². The summed E-state index contributed by atoms with van der Waals surface area (Å²) in [5.74, 6) is 1.72. The topological polar surface area (TPSA) is 58.1 Å². The highest BCUT2D eigenvalue weighted by Crippen LogP contribution is 2.32. The van der Waals surface area contributed by atoms with Gasteiger partial charge in [-0.3, -0.25) is 4.79 Å². The number of nitrogens with zero attached hydrogens (tertiary/aromatic N) is 3. The van der Waals surface area contributed by atoms with Gasteiger partial charge in [0, 0.05) is 42.0 Å². The van der Waals surface area contributed by atoms with Gasteiger partial charge in [-0.25, -0.2) is 9.97 Å². The fraction of sp³-hybridized carbons (Fsp3) is 0.276. The second kappa shape index (κ2) is 12.2. The first-order valence-corrected chi connectivity index (χ1v) is 12.9. The second-order valence-corrected chi connectivity index (χ2v) is 10.0. The van der Waals surface area contributed by atoms with E-state index in [0.717, 1.165) is 28.7 Å². The number of hydrogen-bond donors (Lipinski definition) is 1. The van der Waals surface area contributed by atoms with Crippen molar-refractivity contribution in [3.63, 3.8) is 0 Å². The predicted octanol–water partition coefficient (Wildman–Crippen LogP) is 6.82. The predicted molar refractivity (Wildman–Crippen MR) is 150 cm³/mol. The highest BCUT2D eigenvalue weighted by molar-refractivity contribution is 6.33. The summed E-state index contributed by atoms with van der Waals surface area (Å²) in [6, 6.07) is 23.5. The van der Waals surface area contributed by atoms with Crippen LogP contribution in [0.5, 0.6) is 0 Å². The lowest BCUT2D eigenvalue weighted by molar-refractivity contribution is -0.121. The molecule has 0 aliphatic heterocycles. The number of benzene rings is 3. The molecule has 0 bridgehead atoms. The molecule has 4 aromatic rings. The normalized spacial score (nSPS) is 11.1. The number of fused-ring (bicyclic) bond motifs is 1. The smallest absolute Gasteiger partial charge is 0.221 e. The summed E-state index contributed by atoms with van der Waals surface area (Å²) < 4.78 is 0. The number of amides is 1. The van der Waals surface area contributed by atoms with Gasteiger partial charge in [-0.15, -0.1) is 0 Å². The van der Waals surface area contributed by atoms with Gasteiger partial charge in [0.1, 0.15) is 5.82 Å². The van der Waals surface area contributed by atoms with Crippen LogP contribution < -0.4 is 10.2 Å². The van der Waals surface area contributed by atoms with E-state index in [1.807, 2.05) is 60.7 Å². The van der Waals surface area contributed by atoms with Crippen LogP contribution in [-0.2, 0) is 11.2 Å². The monoisotopic (exact) mass is 520 g/mol. The molecule has 0 fully saturated rings. The molecule has 1 amide bonds. The summed E-state index contributed by atoms with van der Waals surface area (Å²) in [6.45, 7) is 6.04. The fourth-order valence-corrected chi connectivity index (χ4v) is 4.35. The van der Waals surface area contributed by atoms with Gasteiger partial charge in [-0.1, -0.05) is 79.5 Å². The van der Waals surface area contributed by atoms with Crippen molar-refractivity contribution in [1.29, 1.82) is 0 Å². The molecule has 0 unspecified atom stereocenters. The van der Waals surface area contributed by atoms with Gasteiger partial charge >= 0.3 is 0 Å². The van der Waals surface area contributed by atoms with Gasteiger partial charge in [0.05, 0.1) is 10.5 Å². The molecule has 0 radical (unpaired) electrons. The zero-order valence-electron chi connectivity index (χ0n) is 20.5. The van der Waals surface area contributed by atoms with E-state index in [1.54, 1.807) is 0 Å². The third-order valence-corrected chi connectivity index (χ3v) is 6.45. The Morgan fingerprint density at radius 3 is 2.44 bits per heavy atom. The van der Waals surface area contributed by atoms with Crippen LogP contribution in [-0.4, -0.2) is 35.5 Å². The average molecular weight is 521 g/mol. The van der Waals surface area contributed by atoms with Gasteiger partial charge in [-0.2, -0.15) is 0 Å². The summed E-state index contributed by atoms with van der Waals surface area (Å²) in [5, 5.41) is 5.08. The van der Waals surface area contributed by atoms with Crippen molar-refractivity contribution in [3.05, 3.63) is 88.4 Å². The van der Waals surface area contributed by atoms with Crippen molar-refractivity contribution in [1.82, 2.24) is 15.3 Å². The number of carbonyl (C=O) groups excluding carboxylic acids is 1. The number of hydrogen-bond acceptors (Lipinski definition) is 4. The van der Waals surface area contributed by atoms with Crippen molar-refractivity contribution in [3.8, 4) is 11.4 Å². The summed E-state index contributed by atoms with van der Waals surface area (Å²) in [6.07, 6.45) is 1.18. The lowest BCUT2D eigenvalue weighted by Gasteiger charge is -2.26. The van der Waals surface area contributed by atoms with Crippen LogP contribution in [0.2, 0.25) is 10.0 Å². The van der Waals surface area contributed by atoms with Crippen molar-refractivity contribution >= 4 is 45.8 Å². The summed E-state index contributed by atoms with van der Waals surface area (Å²) >= 11 is 12.8. The van der Waals surface area contributed by atoms with Crippen LogP contribution in [0.3, 0.4) is 0 Å². The lowest BCUT2D eigenvalue weighted by Crippen LogP contribution is -2.34. The van der Waals surface area contributed by atoms with E-state index in [4.69, 9.17) is 33.2 Å². The molecule has 1 N–H and O–H groups in total. The summed E-state index contributed by atoms with van der Waals surface area (Å²) in [7, 11) is 0. The molecule has 3 aromatic carbocycles. The van der Waals surface area contributed by atoms with E-state index in [2.05, 4.69) is 36.2 Å². The average Bonchev–Trinajstić information content (AvgIpc) is 2.87. The summed E-state index contributed by atoms with van der Waals surface area (Å²) in [5.41, 5.74) is 2.70. The molecule has 1 heterocycles. The molecule has 0 atom stereocenters. The van der Waals surface area contributed by atoms with E-state index in [0.29, 0.717) is 47.8 Å². The Kier molecular flexibility index (Phi) is 8.79. The number of rotatable bonds is 10. The highest BCUT2D eigenvalue weighted by Gasteiger charge is 2.18. The third kappa shape index (κ3) is 6.74. The van der Waals surface area contributed by atoms with Gasteiger partial charge in [0.2, 0.25) is 5.91 Å². The van der Waals surface area contributed by atoms with Crippen LogP contribution >= 0.6 is 23.2 Å². The third-order valence-electron chi connectivity index (χ3n) is 5.88. The SMILES string of the molecule is CC(C)CNC(=O)CCN(CCc1ccccc1)c1nc(-c2ccccc2Cl)nc2cc(Cl)ccc12. The maximum absolute atomic E-state index is 12.6. The molecule has 0 spiro atoms. The van der Waals surface area contributed by atoms with Crippen molar-refractivity contribution in [2.75, 3.05) is 24.5 Å². The van der Waals surface area contributed by atoms with E-state index in [9.17, 15) is 4.79 Å². The first-order valence-electron chi connectivity index (χ1n) is 12.2. The Hall–Kier alpha value is -3.15. The van der Waals surface area contributed by atoms with E-state index in [1.165, 1.54) is 5.56 Å². The van der Waals surface area contributed by atoms with Crippen LogP contribution in [0.4, 0.5) is 5.82 Å². The Bertz CT molecular complexity index is 1330. The molecule has 1 aromatic heterocycles. The molecule has 0 aliphatic rings. The van der Waals surface area contributed by atoms with Crippen LogP contribution in [0.25, 0.3) is 22.3 Å². The minimum Gasteiger partial charge on any atom is -0.356 e. The minimum atomic E-state index is 0.0288. The Labute approximate surface area is 222 Å². The molecule has 0 saturated heterocycles. The molecule has 0 saturated carbocycles. The van der Waals surface area contributed by atoms with E-state index in [-0.39, 0.29) is 5.91 Å². The minimum absolute atomic E-state index is 0.0288. The van der Waals surface area contributed by atoms with Crippen molar-refractivity contribution in [2.45, 2.75) is 26.7 Å². The molecule has 36 heavy (non-hydrogen) atoms. The number of halogens is 2. The molecular weight excluding hydrogens is 491 g/mol. The number of aromatic nitrogens is 2. The zero-order chi connectivity index (χ0) is 25.5. The molecule has 7 heteroatoms. The molecule has 4 rings (SSSR count). The maximum Gasteiger partial charge on any atom is 0.221 e. The fourth-order valence-electron chi connectivity index (χ4n) is 3.97. The summed E-state index contributed by atoms with van der Waals surface area (Å²) in [4.78, 5) is 24.5. The number of anilines is 1. The Morgan fingerprint density at radius 2 is 1.69 bits per heavy atom. The largest absolute Gasteiger partial charge is 0.356 e. The van der Waals surface area contributed by atoms with Gasteiger partial charge in [0.15, 0.2) is 5.82 Å². The van der Waals surface area contributed by atoms with Gasteiger partial charge < -0.3 is 10.2 Å². The first-order chi connectivity index (χ1) is 17.4. The number of nitrogens with one attached hydrogen (secondary N) is 1. The molecule has 5 nitrogen and oxygen atoms in total. The van der Waals surface area contributed by atoms with Crippen LogP contribution in [0, 0.1) is 5.92 Å². The molecule has 186 valence electrons. The lowest BCUT2D eigenvalue weighted by atomic mass is 10.1. The van der Waals surface area contributed by atoms with Crippen LogP contribution in [0.15, 0.2) is 72.8 Å². The van der Waals surface area contributed by atoms with E-state index < -0.39 is 0 Å². The van der Waals surface area contributed by atoms with Crippen LogP contribution in [0.1, 0.15) is 25.8 Å². The maximum atomic E-state index is 12.6. The Balaban J connectivity index is 1.73. The zero-order valence-corrected chi connectivity index (χ0v) is 22.1. The van der Waals surface area contributed by atoms with Gasteiger partial charge in [-0.05, 0) is 48.2 Å². The number of carbonyl (C=O) groups is 1. The van der Waals surface area contributed by atoms with Gasteiger partial charge in [0.25, 0.3) is 0 Å². The second-order valence-electron chi connectivity index (χ2n) is 9.18. The van der Waals surface area contributed by atoms with Crippen molar-refractivity contribution in [2.24, 2.45) is 5.92 Å². The standard InChI is InChI=1S/C29H30Cl2N4O/c1-20(2)19-32-27(36)15-17-35(16-14-21-8-4-3-5-9-21)29-24-13-12-22(30)18-26(24)33-28(34-29)23-10-6-7-11-25(23)31/h3-13,18,20H,14-17,19H2,1-2H3,(H,32,36). The molecular formula is C29H30Cl2N4O. The molecule has 0 aliphatic carbocycles. The first kappa shape index (κ1) is 25.9. The Morgan fingerprint density at radius 1 is 0.944 bits per heavy atom. The quantitative estimate of drug-likeness (QED) is 0.249.